The van der Waals surface area contributed by atoms with E-state index in [1.165, 1.54) is 6.07 Å². The van der Waals surface area contributed by atoms with E-state index in [0.717, 1.165) is 17.2 Å². The second-order valence-electron chi connectivity index (χ2n) is 9.08. The van der Waals surface area contributed by atoms with Crippen LogP contribution >= 0.6 is 11.6 Å². The van der Waals surface area contributed by atoms with E-state index < -0.39 is 11.7 Å². The molecule has 4 aromatic carbocycles. The Kier molecular flexibility index (Phi) is 9.32. The molecule has 3 nitrogen and oxygen atoms in total. The Morgan fingerprint density at radius 1 is 0.816 bits per heavy atom. The quantitative estimate of drug-likeness (QED) is 0.195. The van der Waals surface area contributed by atoms with Crippen LogP contribution in [0, 0.1) is 0 Å². The van der Waals surface area contributed by atoms with Crippen molar-refractivity contribution in [3.8, 4) is 11.5 Å². The summed E-state index contributed by atoms with van der Waals surface area (Å²) in [7, 11) is 0. The van der Waals surface area contributed by atoms with Crippen molar-refractivity contribution in [2.24, 2.45) is 0 Å². The summed E-state index contributed by atoms with van der Waals surface area (Å²) < 4.78 is 46.4. The summed E-state index contributed by atoms with van der Waals surface area (Å²) in [4.78, 5) is 2.12. The lowest BCUT2D eigenvalue weighted by molar-refractivity contribution is -0.137. The Morgan fingerprint density at radius 3 is 2.05 bits per heavy atom. The van der Waals surface area contributed by atoms with Crippen LogP contribution in [0.1, 0.15) is 34.6 Å². The van der Waals surface area contributed by atoms with Gasteiger partial charge in [0.15, 0.2) is 0 Å². The highest BCUT2D eigenvalue weighted by atomic mass is 35.5. The molecule has 0 saturated heterocycles. The van der Waals surface area contributed by atoms with E-state index in [4.69, 9.17) is 16.3 Å². The first kappa shape index (κ1) is 27.6. The Labute approximate surface area is 226 Å². The van der Waals surface area contributed by atoms with E-state index in [1.54, 1.807) is 30.3 Å². The highest BCUT2D eigenvalue weighted by Gasteiger charge is 2.34. The van der Waals surface area contributed by atoms with Crippen molar-refractivity contribution >= 4 is 11.6 Å². The van der Waals surface area contributed by atoms with Crippen LogP contribution in [0.3, 0.4) is 0 Å². The number of rotatable bonds is 11. The number of phenolic OH excluding ortho intramolecular Hbond substituents is 1. The molecule has 0 spiro atoms. The molecule has 1 N–H and O–H groups in total. The first-order valence-electron chi connectivity index (χ1n) is 12.4. The summed E-state index contributed by atoms with van der Waals surface area (Å²) in [5.74, 6) is 0.690. The Balaban J connectivity index is 1.57. The molecule has 0 aliphatic heterocycles. The lowest BCUT2D eigenvalue weighted by Crippen LogP contribution is -2.31. The number of hydrogen-bond donors (Lipinski definition) is 1. The Hall–Kier alpha value is -3.48. The SMILES string of the molecule is Oc1cccc(OCCCN(Cc2cccc(C(F)(F)F)c2Cl)CC(c2ccccc2)c2ccccc2)c1. The zero-order chi connectivity index (χ0) is 27.0. The summed E-state index contributed by atoms with van der Waals surface area (Å²) >= 11 is 6.27. The maximum absolute atomic E-state index is 13.5. The fourth-order valence-corrected chi connectivity index (χ4v) is 4.77. The molecule has 0 saturated carbocycles. The van der Waals surface area contributed by atoms with Gasteiger partial charge in [0.05, 0.1) is 17.2 Å². The van der Waals surface area contributed by atoms with Crippen molar-refractivity contribution in [1.29, 1.82) is 0 Å². The molecule has 0 amide bonds. The minimum atomic E-state index is -4.52. The number of ether oxygens (including phenoxy) is 1. The van der Waals surface area contributed by atoms with Crippen LogP contribution in [-0.2, 0) is 12.7 Å². The van der Waals surface area contributed by atoms with Gasteiger partial charge in [0.25, 0.3) is 0 Å². The van der Waals surface area contributed by atoms with Gasteiger partial charge in [0, 0.05) is 31.6 Å². The van der Waals surface area contributed by atoms with Gasteiger partial charge < -0.3 is 9.84 Å². The standard InChI is InChI=1S/C31H29ClF3NO2/c32-30-25(14-7-17-29(30)31(33,34)35)21-36(18-9-19-38-27-16-8-15-26(37)20-27)22-28(23-10-3-1-4-11-23)24-12-5-2-6-13-24/h1-8,10-17,20,28,37H,9,18-19,21-22H2. The number of hydrogen-bond acceptors (Lipinski definition) is 3. The molecule has 0 heterocycles. The van der Waals surface area contributed by atoms with Gasteiger partial charge in [-0.15, -0.1) is 0 Å². The fourth-order valence-electron chi connectivity index (χ4n) is 4.48. The van der Waals surface area contributed by atoms with Gasteiger partial charge in [-0.05, 0) is 41.3 Å². The molecule has 0 aromatic heterocycles. The maximum atomic E-state index is 13.5. The van der Waals surface area contributed by atoms with E-state index in [0.29, 0.717) is 37.4 Å². The number of phenols is 1. The molecule has 0 atom stereocenters. The predicted octanol–water partition coefficient (Wildman–Crippen LogP) is 8.17. The molecular weight excluding hydrogens is 511 g/mol. The molecule has 0 fully saturated rings. The second-order valence-corrected chi connectivity index (χ2v) is 9.46. The highest BCUT2D eigenvalue weighted by Crippen LogP contribution is 2.37. The zero-order valence-electron chi connectivity index (χ0n) is 20.7. The largest absolute Gasteiger partial charge is 0.508 e. The molecule has 0 unspecified atom stereocenters. The predicted molar refractivity (Wildman–Crippen MR) is 145 cm³/mol. The van der Waals surface area contributed by atoms with Crippen molar-refractivity contribution in [2.75, 3.05) is 19.7 Å². The summed E-state index contributed by atoms with van der Waals surface area (Å²) in [5, 5.41) is 9.40. The van der Waals surface area contributed by atoms with Gasteiger partial charge in [0.1, 0.15) is 11.5 Å². The van der Waals surface area contributed by atoms with Gasteiger partial charge in [-0.3, -0.25) is 4.90 Å². The number of benzene rings is 4. The van der Waals surface area contributed by atoms with Crippen LogP contribution in [-0.4, -0.2) is 29.7 Å². The number of nitrogens with zero attached hydrogens (tertiary/aromatic N) is 1. The Morgan fingerprint density at radius 2 is 1.45 bits per heavy atom. The van der Waals surface area contributed by atoms with Crippen molar-refractivity contribution < 1.29 is 23.0 Å². The van der Waals surface area contributed by atoms with E-state index in [-0.39, 0.29) is 23.2 Å². The first-order chi connectivity index (χ1) is 18.3. The third-order valence-corrected chi connectivity index (χ3v) is 6.77. The van der Waals surface area contributed by atoms with E-state index in [2.05, 4.69) is 29.2 Å². The maximum Gasteiger partial charge on any atom is 0.417 e. The average molecular weight is 540 g/mol. The highest BCUT2D eigenvalue weighted by molar-refractivity contribution is 6.32. The van der Waals surface area contributed by atoms with Crippen LogP contribution < -0.4 is 4.74 Å². The topological polar surface area (TPSA) is 32.7 Å². The van der Waals surface area contributed by atoms with Crippen LogP contribution in [0.15, 0.2) is 103 Å². The van der Waals surface area contributed by atoms with E-state index >= 15 is 0 Å². The monoisotopic (exact) mass is 539 g/mol. The minimum Gasteiger partial charge on any atom is -0.508 e. The normalized spacial score (nSPS) is 11.7. The van der Waals surface area contributed by atoms with Crippen LogP contribution in [0.2, 0.25) is 5.02 Å². The number of aromatic hydroxyl groups is 1. The molecule has 0 aliphatic carbocycles. The van der Waals surface area contributed by atoms with Gasteiger partial charge in [-0.2, -0.15) is 13.2 Å². The molecular formula is C31H29ClF3NO2. The van der Waals surface area contributed by atoms with Gasteiger partial charge in [0.2, 0.25) is 0 Å². The summed E-state index contributed by atoms with van der Waals surface area (Å²) in [5.41, 5.74) is 1.84. The second kappa shape index (κ2) is 12.9. The van der Waals surface area contributed by atoms with Crippen LogP contribution in [0.4, 0.5) is 13.2 Å². The number of alkyl halides is 3. The summed E-state index contributed by atoms with van der Waals surface area (Å²) in [6.07, 6.45) is -3.90. The van der Waals surface area contributed by atoms with Crippen molar-refractivity contribution in [1.82, 2.24) is 4.90 Å². The molecule has 0 aliphatic rings. The van der Waals surface area contributed by atoms with Crippen molar-refractivity contribution in [3.05, 3.63) is 130 Å². The van der Waals surface area contributed by atoms with Crippen molar-refractivity contribution in [2.45, 2.75) is 25.1 Å². The smallest absolute Gasteiger partial charge is 0.417 e. The lowest BCUT2D eigenvalue weighted by Gasteiger charge is -2.29. The Bertz CT molecular complexity index is 1260. The summed E-state index contributed by atoms with van der Waals surface area (Å²) in [6, 6.07) is 30.8. The molecule has 0 radical (unpaired) electrons. The first-order valence-corrected chi connectivity index (χ1v) is 12.8. The van der Waals surface area contributed by atoms with E-state index in [1.807, 2.05) is 36.4 Å². The van der Waals surface area contributed by atoms with Crippen LogP contribution in [0.5, 0.6) is 11.5 Å². The van der Waals surface area contributed by atoms with Crippen LogP contribution in [0.25, 0.3) is 0 Å². The number of halogens is 4. The summed E-state index contributed by atoms with van der Waals surface area (Å²) in [6.45, 7) is 1.79. The van der Waals surface area contributed by atoms with Gasteiger partial charge >= 0.3 is 6.18 Å². The molecule has 4 rings (SSSR count). The zero-order valence-corrected chi connectivity index (χ0v) is 21.5. The molecule has 198 valence electrons. The third kappa shape index (κ3) is 7.53. The fraction of sp³-hybridized carbons (Fsp3) is 0.226. The molecule has 7 heteroatoms. The van der Waals surface area contributed by atoms with Crippen molar-refractivity contribution in [3.63, 3.8) is 0 Å². The van der Waals surface area contributed by atoms with E-state index in [9.17, 15) is 18.3 Å². The molecule has 4 aromatic rings. The molecule has 0 bridgehead atoms. The minimum absolute atomic E-state index is 0.00830. The van der Waals surface area contributed by atoms with Gasteiger partial charge in [-0.1, -0.05) is 90.5 Å². The molecule has 38 heavy (non-hydrogen) atoms. The third-order valence-electron chi connectivity index (χ3n) is 6.33. The average Bonchev–Trinajstić information content (AvgIpc) is 2.91. The van der Waals surface area contributed by atoms with Gasteiger partial charge in [-0.25, -0.2) is 0 Å². The lowest BCUT2D eigenvalue weighted by atomic mass is 9.90.